The molecule has 0 radical (unpaired) electrons. The molecular formula is C14H10N4O2. The molecule has 0 aliphatic carbocycles. The first-order valence-corrected chi connectivity index (χ1v) is 5.70. The van der Waals surface area contributed by atoms with Crippen molar-refractivity contribution >= 4 is 5.97 Å². The van der Waals surface area contributed by atoms with Crippen molar-refractivity contribution in [1.82, 2.24) is 15.0 Å². The van der Waals surface area contributed by atoms with E-state index in [1.807, 2.05) is 6.07 Å². The van der Waals surface area contributed by atoms with Gasteiger partial charge in [-0.3, -0.25) is 0 Å². The first-order chi connectivity index (χ1) is 9.67. The molecule has 2 aromatic rings. The summed E-state index contributed by atoms with van der Waals surface area (Å²) in [4.78, 5) is 11.7. The molecule has 20 heavy (non-hydrogen) atoms. The number of nitriles is 1. The van der Waals surface area contributed by atoms with Gasteiger partial charge in [-0.25, -0.2) is 9.48 Å². The van der Waals surface area contributed by atoms with Crippen LogP contribution in [0.4, 0.5) is 0 Å². The number of benzene rings is 1. The Morgan fingerprint density at radius 2 is 2.35 bits per heavy atom. The fourth-order valence-corrected chi connectivity index (χ4v) is 1.63. The van der Waals surface area contributed by atoms with E-state index >= 15 is 0 Å². The van der Waals surface area contributed by atoms with Crippen LogP contribution < -0.4 is 0 Å². The standard InChI is InChI=1S/C14H10N4O2/c1-3-7-20-14(19)11-5-4-6-12(8-11)18-10(2)13(9-15)16-17-18/h1,4-6,8H,7H2,2H3. The highest BCUT2D eigenvalue weighted by molar-refractivity contribution is 5.90. The molecule has 0 atom stereocenters. The van der Waals surface area contributed by atoms with Crippen molar-refractivity contribution in [2.75, 3.05) is 6.61 Å². The maximum absolute atomic E-state index is 11.7. The van der Waals surface area contributed by atoms with Gasteiger partial charge < -0.3 is 4.74 Å². The van der Waals surface area contributed by atoms with Crippen LogP contribution in [0.25, 0.3) is 5.69 Å². The van der Waals surface area contributed by atoms with Crippen LogP contribution in [0.2, 0.25) is 0 Å². The Morgan fingerprint density at radius 1 is 1.55 bits per heavy atom. The summed E-state index contributed by atoms with van der Waals surface area (Å²) in [7, 11) is 0. The van der Waals surface area contributed by atoms with Crippen molar-refractivity contribution in [2.24, 2.45) is 0 Å². The quantitative estimate of drug-likeness (QED) is 0.616. The molecule has 0 fully saturated rings. The Labute approximate surface area is 115 Å². The van der Waals surface area contributed by atoms with Crippen molar-refractivity contribution in [2.45, 2.75) is 6.92 Å². The lowest BCUT2D eigenvalue weighted by atomic mass is 10.2. The molecule has 98 valence electrons. The predicted molar refractivity (Wildman–Crippen MR) is 69.9 cm³/mol. The lowest BCUT2D eigenvalue weighted by Crippen LogP contribution is -2.07. The Morgan fingerprint density at radius 3 is 3.00 bits per heavy atom. The molecule has 0 saturated carbocycles. The van der Waals surface area contributed by atoms with Crippen molar-refractivity contribution in [3.63, 3.8) is 0 Å². The molecular weight excluding hydrogens is 256 g/mol. The van der Waals surface area contributed by atoms with Gasteiger partial charge in [-0.05, 0) is 25.1 Å². The molecule has 0 spiro atoms. The number of aromatic nitrogens is 3. The van der Waals surface area contributed by atoms with Crippen LogP contribution in [-0.4, -0.2) is 27.6 Å². The van der Waals surface area contributed by atoms with Crippen LogP contribution in [0.3, 0.4) is 0 Å². The Hall–Kier alpha value is -3.12. The van der Waals surface area contributed by atoms with Gasteiger partial charge in [0, 0.05) is 0 Å². The summed E-state index contributed by atoms with van der Waals surface area (Å²) in [6.45, 7) is 1.64. The monoisotopic (exact) mass is 266 g/mol. The van der Waals surface area contributed by atoms with E-state index in [0.29, 0.717) is 16.9 Å². The van der Waals surface area contributed by atoms with Crippen LogP contribution in [0, 0.1) is 30.6 Å². The number of carbonyl (C=O) groups excluding carboxylic acids is 1. The fraction of sp³-hybridized carbons (Fsp3) is 0.143. The van der Waals surface area contributed by atoms with E-state index in [1.54, 1.807) is 31.2 Å². The summed E-state index contributed by atoms with van der Waals surface area (Å²) in [6.07, 6.45) is 5.03. The van der Waals surface area contributed by atoms with Gasteiger partial charge in [-0.2, -0.15) is 5.26 Å². The van der Waals surface area contributed by atoms with Crippen LogP contribution in [0.15, 0.2) is 24.3 Å². The minimum atomic E-state index is -0.511. The van der Waals surface area contributed by atoms with Gasteiger partial charge in [-0.1, -0.05) is 17.2 Å². The van der Waals surface area contributed by atoms with Gasteiger partial charge in [0.05, 0.1) is 16.9 Å². The molecule has 0 aliphatic heterocycles. The van der Waals surface area contributed by atoms with E-state index in [1.165, 1.54) is 4.68 Å². The molecule has 6 nitrogen and oxygen atoms in total. The Kier molecular flexibility index (Phi) is 3.78. The molecule has 6 heteroatoms. The van der Waals surface area contributed by atoms with Crippen LogP contribution in [0.5, 0.6) is 0 Å². The molecule has 2 rings (SSSR count). The first-order valence-electron chi connectivity index (χ1n) is 5.70. The maximum atomic E-state index is 11.7. The zero-order chi connectivity index (χ0) is 14.5. The largest absolute Gasteiger partial charge is 0.449 e. The van der Waals surface area contributed by atoms with E-state index in [-0.39, 0.29) is 12.3 Å². The second-order valence-electron chi connectivity index (χ2n) is 3.88. The van der Waals surface area contributed by atoms with Gasteiger partial charge in [0.2, 0.25) is 0 Å². The van der Waals surface area contributed by atoms with E-state index in [4.69, 9.17) is 16.4 Å². The highest BCUT2D eigenvalue weighted by atomic mass is 16.5. The van der Waals surface area contributed by atoms with Crippen LogP contribution in [0.1, 0.15) is 21.7 Å². The number of rotatable bonds is 3. The summed E-state index contributed by atoms with van der Waals surface area (Å²) in [6, 6.07) is 8.59. The smallest absolute Gasteiger partial charge is 0.339 e. The molecule has 0 bridgehead atoms. The van der Waals surface area contributed by atoms with Crippen LogP contribution >= 0.6 is 0 Å². The summed E-state index contributed by atoms with van der Waals surface area (Å²) in [5.74, 6) is 1.72. The first kappa shape index (κ1) is 13.3. The summed E-state index contributed by atoms with van der Waals surface area (Å²) >= 11 is 0. The summed E-state index contributed by atoms with van der Waals surface area (Å²) < 4.78 is 6.33. The van der Waals surface area contributed by atoms with Gasteiger partial charge in [0.1, 0.15) is 6.07 Å². The highest BCUT2D eigenvalue weighted by Crippen LogP contribution is 2.14. The zero-order valence-corrected chi connectivity index (χ0v) is 10.7. The topological polar surface area (TPSA) is 80.8 Å². The number of hydrogen-bond acceptors (Lipinski definition) is 5. The molecule has 1 aromatic carbocycles. The SMILES string of the molecule is C#CCOC(=O)c1cccc(-n2nnc(C#N)c2C)c1. The van der Waals surface area contributed by atoms with Crippen molar-refractivity contribution < 1.29 is 9.53 Å². The second kappa shape index (κ2) is 5.68. The van der Waals surface area contributed by atoms with Crippen molar-refractivity contribution in [3.05, 3.63) is 41.2 Å². The molecule has 0 N–H and O–H groups in total. The lowest BCUT2D eigenvalue weighted by molar-refractivity contribution is 0.0556. The molecule has 0 amide bonds. The van der Waals surface area contributed by atoms with Crippen molar-refractivity contribution in [1.29, 1.82) is 5.26 Å². The number of ether oxygens (including phenoxy) is 1. The lowest BCUT2D eigenvalue weighted by Gasteiger charge is -2.05. The van der Waals surface area contributed by atoms with Gasteiger partial charge in [-0.15, -0.1) is 11.5 Å². The summed E-state index contributed by atoms with van der Waals surface area (Å²) in [5, 5.41) is 16.5. The molecule has 0 unspecified atom stereocenters. The van der Waals surface area contributed by atoms with Gasteiger partial charge in [0.25, 0.3) is 0 Å². The fourth-order valence-electron chi connectivity index (χ4n) is 1.63. The minimum Gasteiger partial charge on any atom is -0.449 e. The second-order valence-corrected chi connectivity index (χ2v) is 3.88. The zero-order valence-electron chi connectivity index (χ0n) is 10.7. The Bertz CT molecular complexity index is 734. The third-order valence-corrected chi connectivity index (χ3v) is 2.61. The van der Waals surface area contributed by atoms with E-state index < -0.39 is 5.97 Å². The van der Waals surface area contributed by atoms with Gasteiger partial charge in [0.15, 0.2) is 12.3 Å². The third-order valence-electron chi connectivity index (χ3n) is 2.61. The average Bonchev–Trinajstić information content (AvgIpc) is 2.85. The summed E-state index contributed by atoms with van der Waals surface area (Å²) in [5.41, 5.74) is 1.81. The molecule has 1 aromatic heterocycles. The van der Waals surface area contributed by atoms with E-state index in [0.717, 1.165) is 0 Å². The molecule has 1 heterocycles. The maximum Gasteiger partial charge on any atom is 0.339 e. The number of esters is 1. The van der Waals surface area contributed by atoms with Gasteiger partial charge >= 0.3 is 5.97 Å². The number of hydrogen-bond donors (Lipinski definition) is 0. The van der Waals surface area contributed by atoms with Crippen LogP contribution in [-0.2, 0) is 4.74 Å². The van der Waals surface area contributed by atoms with E-state index in [2.05, 4.69) is 16.2 Å². The third kappa shape index (κ3) is 2.50. The van der Waals surface area contributed by atoms with E-state index in [9.17, 15) is 4.79 Å². The number of carbonyl (C=O) groups is 1. The predicted octanol–water partition coefficient (Wildman–Crippen LogP) is 1.24. The highest BCUT2D eigenvalue weighted by Gasteiger charge is 2.12. The Balaban J connectivity index is 2.35. The number of nitrogens with zero attached hydrogens (tertiary/aromatic N) is 4. The average molecular weight is 266 g/mol. The normalized spacial score (nSPS) is 9.55. The molecule has 0 aliphatic rings. The minimum absolute atomic E-state index is 0.0794. The number of terminal acetylenes is 1. The molecule has 0 saturated heterocycles. The van der Waals surface area contributed by atoms with Crippen molar-refractivity contribution in [3.8, 4) is 24.1 Å².